The maximum atomic E-state index is 5.40. The van der Waals surface area contributed by atoms with E-state index < -0.39 is 0 Å². The molecule has 0 atom stereocenters. The van der Waals surface area contributed by atoms with E-state index in [-0.39, 0.29) is 0 Å². The van der Waals surface area contributed by atoms with E-state index in [1.807, 2.05) is 6.20 Å². The van der Waals surface area contributed by atoms with Gasteiger partial charge in [0.2, 0.25) is 0 Å². The second-order valence-corrected chi connectivity index (χ2v) is 2.10. The van der Waals surface area contributed by atoms with Crippen LogP contribution in [-0.2, 0) is 0 Å². The van der Waals surface area contributed by atoms with Gasteiger partial charge in [-0.05, 0) is 6.42 Å². The first-order valence-corrected chi connectivity index (χ1v) is 2.77. The average molecular weight is 108 g/mol. The van der Waals surface area contributed by atoms with Gasteiger partial charge in [0.25, 0.3) is 0 Å². The van der Waals surface area contributed by atoms with E-state index in [4.69, 9.17) is 5.73 Å². The molecule has 3 heteroatoms. The molecule has 42 valence electrons. The van der Waals surface area contributed by atoms with E-state index >= 15 is 0 Å². The molecule has 0 unspecified atom stereocenters. The molecule has 0 fully saturated rings. The minimum Gasteiger partial charge on any atom is -0.387 e. The Morgan fingerprint density at radius 2 is 2.38 bits per heavy atom. The highest BCUT2D eigenvalue weighted by atomic mass is 14.8. The monoisotopic (exact) mass is 108 g/mol. The Kier molecular flexibility index (Phi) is 1.37. The summed E-state index contributed by atoms with van der Waals surface area (Å²) < 4.78 is 0. The standard InChI is InChI=1S/C5H9BN2/c6-4-1-2-5(7)8-3-4/h3H,1-2,6H2,(H2,7,8). The molecule has 0 aromatic rings. The third kappa shape index (κ3) is 1.12. The summed E-state index contributed by atoms with van der Waals surface area (Å²) in [5, 5.41) is 0. The van der Waals surface area contributed by atoms with Gasteiger partial charge in [0, 0.05) is 12.6 Å². The minimum absolute atomic E-state index is 0.760. The van der Waals surface area contributed by atoms with Gasteiger partial charge in [-0.1, -0.05) is 5.47 Å². The molecule has 2 nitrogen and oxygen atoms in total. The summed E-state index contributed by atoms with van der Waals surface area (Å²) in [7, 11) is 2.07. The Hall–Kier alpha value is -0.725. The third-order valence-electron chi connectivity index (χ3n) is 1.23. The van der Waals surface area contributed by atoms with Crippen molar-refractivity contribution in [3.8, 4) is 0 Å². The van der Waals surface area contributed by atoms with Crippen molar-refractivity contribution in [3.05, 3.63) is 11.7 Å². The van der Waals surface area contributed by atoms with E-state index in [9.17, 15) is 0 Å². The van der Waals surface area contributed by atoms with E-state index in [1.54, 1.807) is 0 Å². The maximum Gasteiger partial charge on any atom is 0.135 e. The molecule has 0 aromatic carbocycles. The summed E-state index contributed by atoms with van der Waals surface area (Å²) in [6, 6.07) is 0. The number of hydrogen-bond acceptors (Lipinski definition) is 2. The van der Waals surface area contributed by atoms with Gasteiger partial charge >= 0.3 is 0 Å². The molecule has 0 radical (unpaired) electrons. The van der Waals surface area contributed by atoms with Crippen molar-refractivity contribution < 1.29 is 0 Å². The molecule has 0 amide bonds. The first-order valence-electron chi connectivity index (χ1n) is 2.77. The second kappa shape index (κ2) is 2.03. The van der Waals surface area contributed by atoms with Crippen LogP contribution in [-0.4, -0.2) is 13.7 Å². The van der Waals surface area contributed by atoms with Crippen molar-refractivity contribution in [2.75, 3.05) is 0 Å². The zero-order valence-electron chi connectivity index (χ0n) is 5.02. The Labute approximate surface area is 49.9 Å². The highest BCUT2D eigenvalue weighted by Gasteiger charge is 1.97. The molecule has 2 N–H and O–H groups in total. The predicted octanol–water partition coefficient (Wildman–Crippen LogP) is -0.388. The van der Waals surface area contributed by atoms with Crippen molar-refractivity contribution in [2.24, 2.45) is 10.7 Å². The Balaban J connectivity index is 2.65. The number of aliphatic imine (C=N–C) groups is 1. The van der Waals surface area contributed by atoms with E-state index in [2.05, 4.69) is 12.8 Å². The molecule has 0 spiro atoms. The summed E-state index contributed by atoms with van der Waals surface area (Å²) in [6.45, 7) is 0. The number of amidine groups is 1. The highest BCUT2D eigenvalue weighted by molar-refractivity contribution is 6.22. The topological polar surface area (TPSA) is 38.4 Å². The first-order chi connectivity index (χ1) is 3.79. The third-order valence-corrected chi connectivity index (χ3v) is 1.23. The number of nitrogens with two attached hydrogens (primary N) is 1. The predicted molar refractivity (Wildman–Crippen MR) is 37.5 cm³/mol. The molecule has 8 heavy (non-hydrogen) atoms. The van der Waals surface area contributed by atoms with Crippen LogP contribution >= 0.6 is 0 Å². The quantitative estimate of drug-likeness (QED) is 0.421. The first kappa shape index (κ1) is 5.41. The van der Waals surface area contributed by atoms with Gasteiger partial charge in [-0.15, -0.1) is 0 Å². The lowest BCUT2D eigenvalue weighted by Crippen LogP contribution is -2.13. The van der Waals surface area contributed by atoms with Crippen LogP contribution in [0.4, 0.5) is 0 Å². The normalized spacial score (nSPS) is 19.5. The molecular formula is C5H9BN2. The lowest BCUT2D eigenvalue weighted by molar-refractivity contribution is 1.02. The molecule has 1 aliphatic rings. The Bertz CT molecular complexity index is 131. The Morgan fingerprint density at radius 3 is 2.75 bits per heavy atom. The molecular weight excluding hydrogens is 98.9 g/mol. The van der Waals surface area contributed by atoms with Crippen LogP contribution < -0.4 is 5.73 Å². The summed E-state index contributed by atoms with van der Waals surface area (Å²) in [5.74, 6) is 0.760. The fraction of sp³-hybridized carbons (Fsp3) is 0.400. The molecule has 1 aliphatic heterocycles. The van der Waals surface area contributed by atoms with Crippen LogP contribution in [0.5, 0.6) is 0 Å². The molecule has 1 rings (SSSR count). The largest absolute Gasteiger partial charge is 0.387 e. The van der Waals surface area contributed by atoms with Crippen molar-refractivity contribution in [2.45, 2.75) is 12.8 Å². The van der Waals surface area contributed by atoms with Crippen LogP contribution in [0.1, 0.15) is 12.8 Å². The lowest BCUT2D eigenvalue weighted by Gasteiger charge is -2.04. The highest BCUT2D eigenvalue weighted by Crippen LogP contribution is 2.05. The van der Waals surface area contributed by atoms with E-state index in [1.165, 1.54) is 5.47 Å². The zero-order chi connectivity index (χ0) is 5.98. The van der Waals surface area contributed by atoms with Gasteiger partial charge in [-0.2, -0.15) is 0 Å². The van der Waals surface area contributed by atoms with Gasteiger partial charge in [-0.25, -0.2) is 4.99 Å². The van der Waals surface area contributed by atoms with Crippen molar-refractivity contribution >= 4 is 13.7 Å². The molecule has 0 bridgehead atoms. The summed E-state index contributed by atoms with van der Waals surface area (Å²) in [5.41, 5.74) is 6.72. The summed E-state index contributed by atoms with van der Waals surface area (Å²) >= 11 is 0. The molecule has 0 aromatic heterocycles. The number of allylic oxidation sites excluding steroid dienone is 1. The number of rotatable bonds is 0. The van der Waals surface area contributed by atoms with Crippen LogP contribution in [0.25, 0.3) is 0 Å². The zero-order valence-corrected chi connectivity index (χ0v) is 5.02. The van der Waals surface area contributed by atoms with E-state index in [0.717, 1.165) is 18.7 Å². The SMILES string of the molecule is BC1=CN=C(N)CC1. The van der Waals surface area contributed by atoms with Gasteiger partial charge in [0.1, 0.15) is 7.85 Å². The Morgan fingerprint density at radius 1 is 1.62 bits per heavy atom. The molecule has 1 heterocycles. The van der Waals surface area contributed by atoms with Crippen LogP contribution in [0.15, 0.2) is 16.7 Å². The maximum absolute atomic E-state index is 5.40. The number of hydrogen-bond donors (Lipinski definition) is 1. The smallest absolute Gasteiger partial charge is 0.135 e. The van der Waals surface area contributed by atoms with Gasteiger partial charge in [-0.3, -0.25) is 0 Å². The van der Waals surface area contributed by atoms with Gasteiger partial charge < -0.3 is 5.73 Å². The van der Waals surface area contributed by atoms with Gasteiger partial charge in [0.05, 0.1) is 5.84 Å². The second-order valence-electron chi connectivity index (χ2n) is 2.10. The lowest BCUT2D eigenvalue weighted by atomic mass is 9.91. The molecule has 0 saturated heterocycles. The van der Waals surface area contributed by atoms with Crippen molar-refractivity contribution in [1.82, 2.24) is 0 Å². The average Bonchev–Trinajstić information content (AvgIpc) is 1.77. The van der Waals surface area contributed by atoms with Crippen molar-refractivity contribution in [3.63, 3.8) is 0 Å². The number of nitrogens with zero attached hydrogens (tertiary/aromatic N) is 1. The fourth-order valence-corrected chi connectivity index (χ4v) is 0.647. The summed E-state index contributed by atoms with van der Waals surface area (Å²) in [4.78, 5) is 3.94. The molecule has 0 aliphatic carbocycles. The van der Waals surface area contributed by atoms with Crippen LogP contribution in [0.3, 0.4) is 0 Å². The van der Waals surface area contributed by atoms with E-state index in [0.29, 0.717) is 0 Å². The molecule has 0 saturated carbocycles. The fourth-order valence-electron chi connectivity index (χ4n) is 0.647. The summed E-state index contributed by atoms with van der Waals surface area (Å²) in [6.07, 6.45) is 3.84. The van der Waals surface area contributed by atoms with Crippen LogP contribution in [0.2, 0.25) is 0 Å². The van der Waals surface area contributed by atoms with Gasteiger partial charge in [0.15, 0.2) is 0 Å². The minimum atomic E-state index is 0.760. The van der Waals surface area contributed by atoms with Crippen molar-refractivity contribution in [1.29, 1.82) is 0 Å². The van der Waals surface area contributed by atoms with Crippen LogP contribution in [0, 0.1) is 0 Å².